The minimum atomic E-state index is -0.590. The van der Waals surface area contributed by atoms with E-state index >= 15 is 0 Å². The standard InChI is InChI=1S/C15H19N3O2/c1-2-4-6-14(5-3-1)7-8-15(19-11-12-20-15)13-18-16-9-10-17-18/h1-3,5-6,9-10H,4,7-8,11-13H2. The molecule has 1 aliphatic heterocycles. The average Bonchev–Trinajstić information content (AvgIpc) is 3.05. The number of ether oxygens (including phenoxy) is 2. The summed E-state index contributed by atoms with van der Waals surface area (Å²) in [6.45, 7) is 1.81. The Morgan fingerprint density at radius 1 is 1.15 bits per heavy atom. The molecule has 0 N–H and O–H groups in total. The molecule has 0 unspecified atom stereocenters. The van der Waals surface area contributed by atoms with Crippen molar-refractivity contribution >= 4 is 0 Å². The third-order valence-corrected chi connectivity index (χ3v) is 3.53. The van der Waals surface area contributed by atoms with Crippen molar-refractivity contribution in [3.05, 3.63) is 48.3 Å². The molecule has 106 valence electrons. The predicted octanol–water partition coefficient (Wildman–Crippen LogP) is 2.24. The molecule has 5 heteroatoms. The SMILES string of the molecule is C1=CCC=C(CCC2(Cn3nccn3)OCCO2)C=C1. The molecule has 5 nitrogen and oxygen atoms in total. The molecular formula is C15H19N3O2. The molecule has 0 bridgehead atoms. The fourth-order valence-corrected chi connectivity index (χ4v) is 2.50. The van der Waals surface area contributed by atoms with Gasteiger partial charge in [0, 0.05) is 6.42 Å². The highest BCUT2D eigenvalue weighted by atomic mass is 16.7. The summed E-state index contributed by atoms with van der Waals surface area (Å²) in [5.74, 6) is -0.590. The summed E-state index contributed by atoms with van der Waals surface area (Å²) in [6, 6.07) is 0. The lowest BCUT2D eigenvalue weighted by molar-refractivity contribution is -0.174. The molecule has 3 rings (SSSR count). The quantitative estimate of drug-likeness (QED) is 0.825. The van der Waals surface area contributed by atoms with E-state index in [-0.39, 0.29) is 0 Å². The largest absolute Gasteiger partial charge is 0.346 e. The molecule has 1 fully saturated rings. The summed E-state index contributed by atoms with van der Waals surface area (Å²) < 4.78 is 11.7. The number of aromatic nitrogens is 3. The Bertz CT molecular complexity index is 511. The van der Waals surface area contributed by atoms with Crippen molar-refractivity contribution in [2.75, 3.05) is 13.2 Å². The molecule has 20 heavy (non-hydrogen) atoms. The van der Waals surface area contributed by atoms with E-state index in [9.17, 15) is 0 Å². The van der Waals surface area contributed by atoms with Crippen molar-refractivity contribution in [2.45, 2.75) is 31.6 Å². The highest BCUT2D eigenvalue weighted by Crippen LogP contribution is 2.29. The molecule has 1 aliphatic carbocycles. The lowest BCUT2D eigenvalue weighted by Crippen LogP contribution is -2.36. The highest BCUT2D eigenvalue weighted by molar-refractivity contribution is 5.26. The molecule has 2 aliphatic rings. The number of nitrogens with zero attached hydrogens (tertiary/aromatic N) is 3. The third kappa shape index (κ3) is 3.23. The van der Waals surface area contributed by atoms with Gasteiger partial charge in [-0.1, -0.05) is 36.0 Å². The number of allylic oxidation sites excluding steroid dienone is 6. The van der Waals surface area contributed by atoms with E-state index in [0.29, 0.717) is 19.8 Å². The zero-order valence-corrected chi connectivity index (χ0v) is 11.4. The lowest BCUT2D eigenvalue weighted by atomic mass is 10.0. The molecule has 0 saturated carbocycles. The van der Waals surface area contributed by atoms with E-state index in [1.165, 1.54) is 5.57 Å². The van der Waals surface area contributed by atoms with Crippen LogP contribution >= 0.6 is 0 Å². The van der Waals surface area contributed by atoms with Crippen molar-refractivity contribution in [2.24, 2.45) is 0 Å². The summed E-state index contributed by atoms with van der Waals surface area (Å²) in [5.41, 5.74) is 1.32. The van der Waals surface area contributed by atoms with E-state index in [1.54, 1.807) is 17.2 Å². The van der Waals surface area contributed by atoms with Gasteiger partial charge in [0.15, 0.2) is 5.79 Å². The van der Waals surface area contributed by atoms with Gasteiger partial charge in [-0.05, 0) is 12.8 Å². The topological polar surface area (TPSA) is 49.2 Å². The highest BCUT2D eigenvalue weighted by Gasteiger charge is 2.37. The Balaban J connectivity index is 1.64. The van der Waals surface area contributed by atoms with E-state index < -0.39 is 5.79 Å². The van der Waals surface area contributed by atoms with Crippen molar-refractivity contribution in [1.29, 1.82) is 0 Å². The van der Waals surface area contributed by atoms with Gasteiger partial charge in [0.05, 0.1) is 25.6 Å². The van der Waals surface area contributed by atoms with Crippen LogP contribution in [0.2, 0.25) is 0 Å². The molecule has 0 atom stereocenters. The molecule has 1 aromatic rings. The Labute approximate surface area is 118 Å². The maximum atomic E-state index is 5.85. The van der Waals surface area contributed by atoms with Gasteiger partial charge in [-0.2, -0.15) is 15.0 Å². The predicted molar refractivity (Wildman–Crippen MR) is 74.9 cm³/mol. The second-order valence-electron chi connectivity index (χ2n) is 4.97. The Morgan fingerprint density at radius 3 is 2.75 bits per heavy atom. The van der Waals surface area contributed by atoms with Crippen molar-refractivity contribution in [3.63, 3.8) is 0 Å². The molecule has 1 saturated heterocycles. The Morgan fingerprint density at radius 2 is 1.95 bits per heavy atom. The molecule has 0 amide bonds. The smallest absolute Gasteiger partial charge is 0.190 e. The zero-order valence-electron chi connectivity index (χ0n) is 11.4. The van der Waals surface area contributed by atoms with Gasteiger partial charge < -0.3 is 9.47 Å². The molecule has 0 aromatic carbocycles. The molecular weight excluding hydrogens is 254 g/mol. The minimum absolute atomic E-state index is 0.537. The van der Waals surface area contributed by atoms with Crippen LogP contribution in [0.5, 0.6) is 0 Å². The summed E-state index contributed by atoms with van der Waals surface area (Å²) in [4.78, 5) is 1.63. The second-order valence-corrected chi connectivity index (χ2v) is 4.97. The summed E-state index contributed by atoms with van der Waals surface area (Å²) in [6.07, 6.45) is 16.8. The van der Waals surface area contributed by atoms with Gasteiger partial charge in [-0.15, -0.1) is 0 Å². The van der Waals surface area contributed by atoms with Crippen LogP contribution in [0.4, 0.5) is 0 Å². The molecule has 0 radical (unpaired) electrons. The Kier molecular flexibility index (Phi) is 4.08. The van der Waals surface area contributed by atoms with Gasteiger partial charge >= 0.3 is 0 Å². The number of rotatable bonds is 5. The maximum Gasteiger partial charge on any atom is 0.190 e. The fourth-order valence-electron chi connectivity index (χ4n) is 2.50. The maximum absolute atomic E-state index is 5.85. The fraction of sp³-hybridized carbons (Fsp3) is 0.467. The molecule has 2 heterocycles. The normalized spacial score (nSPS) is 20.9. The third-order valence-electron chi connectivity index (χ3n) is 3.53. The van der Waals surface area contributed by atoms with Crippen LogP contribution in [0.15, 0.2) is 48.3 Å². The van der Waals surface area contributed by atoms with Gasteiger partial charge in [-0.25, -0.2) is 0 Å². The Hall–Kier alpha value is -1.72. The van der Waals surface area contributed by atoms with E-state index in [2.05, 4.69) is 40.6 Å². The first-order chi connectivity index (χ1) is 9.86. The number of hydrogen-bond acceptors (Lipinski definition) is 4. The van der Waals surface area contributed by atoms with Crippen LogP contribution in [0.25, 0.3) is 0 Å². The van der Waals surface area contributed by atoms with E-state index in [4.69, 9.17) is 9.47 Å². The zero-order chi connectivity index (χ0) is 13.7. The van der Waals surface area contributed by atoms with Gasteiger partial charge in [0.1, 0.15) is 6.54 Å². The van der Waals surface area contributed by atoms with Crippen molar-refractivity contribution < 1.29 is 9.47 Å². The first kappa shape index (κ1) is 13.3. The monoisotopic (exact) mass is 273 g/mol. The second kappa shape index (κ2) is 6.15. The van der Waals surface area contributed by atoms with Gasteiger partial charge in [0.2, 0.25) is 0 Å². The molecule has 0 spiro atoms. The van der Waals surface area contributed by atoms with Crippen LogP contribution in [-0.4, -0.2) is 34.0 Å². The minimum Gasteiger partial charge on any atom is -0.346 e. The van der Waals surface area contributed by atoms with Crippen molar-refractivity contribution in [3.8, 4) is 0 Å². The first-order valence-corrected chi connectivity index (χ1v) is 7.01. The van der Waals surface area contributed by atoms with E-state index in [1.807, 2.05) is 0 Å². The summed E-state index contributed by atoms with van der Waals surface area (Å²) >= 11 is 0. The first-order valence-electron chi connectivity index (χ1n) is 7.01. The van der Waals surface area contributed by atoms with Gasteiger partial charge in [0.25, 0.3) is 0 Å². The molecule has 1 aromatic heterocycles. The average molecular weight is 273 g/mol. The lowest BCUT2D eigenvalue weighted by Gasteiger charge is -2.26. The van der Waals surface area contributed by atoms with E-state index in [0.717, 1.165) is 19.3 Å². The van der Waals surface area contributed by atoms with Crippen LogP contribution in [-0.2, 0) is 16.0 Å². The van der Waals surface area contributed by atoms with Crippen LogP contribution in [0, 0.1) is 0 Å². The van der Waals surface area contributed by atoms with Crippen molar-refractivity contribution in [1.82, 2.24) is 15.0 Å². The number of hydrogen-bond donors (Lipinski definition) is 0. The van der Waals surface area contributed by atoms with Crippen LogP contribution in [0.1, 0.15) is 19.3 Å². The van der Waals surface area contributed by atoms with Crippen LogP contribution in [0.3, 0.4) is 0 Å². The summed E-state index contributed by atoms with van der Waals surface area (Å²) in [5, 5.41) is 8.28. The summed E-state index contributed by atoms with van der Waals surface area (Å²) in [7, 11) is 0. The van der Waals surface area contributed by atoms with Gasteiger partial charge in [-0.3, -0.25) is 0 Å². The van der Waals surface area contributed by atoms with Crippen LogP contribution < -0.4 is 0 Å².